The van der Waals surface area contributed by atoms with Crippen molar-refractivity contribution in [3.8, 4) is 67.5 Å². The van der Waals surface area contributed by atoms with Gasteiger partial charge in [-0.05, 0) is 100 Å². The molecule has 5 aromatic heterocycles. The minimum atomic E-state index is 0.813. The Labute approximate surface area is 244 Å². The Morgan fingerprint density at radius 2 is 0.714 bits per heavy atom. The van der Waals surface area contributed by atoms with Gasteiger partial charge in [0, 0.05) is 24.8 Å². The molecule has 5 heterocycles. The molecule has 0 aliphatic rings. The fourth-order valence-electron chi connectivity index (χ4n) is 4.99. The zero-order valence-corrected chi connectivity index (χ0v) is 22.7. The molecular formula is C37H25N5. The van der Waals surface area contributed by atoms with E-state index in [1.807, 2.05) is 66.9 Å². The molecule has 0 aliphatic carbocycles. The Bertz CT molecular complexity index is 1900. The highest BCUT2D eigenvalue weighted by atomic mass is 14.8. The third-order valence-electron chi connectivity index (χ3n) is 7.11. The predicted octanol–water partition coefficient (Wildman–Crippen LogP) is 8.66. The molecule has 198 valence electrons. The third-order valence-corrected chi connectivity index (χ3v) is 7.11. The van der Waals surface area contributed by atoms with Crippen molar-refractivity contribution in [2.75, 3.05) is 0 Å². The topological polar surface area (TPSA) is 64.5 Å². The van der Waals surface area contributed by atoms with Crippen LogP contribution in [0.5, 0.6) is 0 Å². The monoisotopic (exact) mass is 539 g/mol. The van der Waals surface area contributed by atoms with Crippen LogP contribution < -0.4 is 0 Å². The van der Waals surface area contributed by atoms with Gasteiger partial charge >= 0.3 is 0 Å². The Morgan fingerprint density at radius 3 is 1.26 bits per heavy atom. The van der Waals surface area contributed by atoms with Crippen LogP contribution in [0.3, 0.4) is 0 Å². The van der Waals surface area contributed by atoms with Gasteiger partial charge in [-0.15, -0.1) is 0 Å². The number of pyridine rings is 5. The fraction of sp³-hybridized carbons (Fsp3) is 0. The second-order valence-electron chi connectivity index (χ2n) is 9.86. The first-order valence-corrected chi connectivity index (χ1v) is 13.7. The lowest BCUT2D eigenvalue weighted by atomic mass is 9.96. The van der Waals surface area contributed by atoms with Gasteiger partial charge in [0.05, 0.1) is 34.2 Å². The lowest BCUT2D eigenvalue weighted by Crippen LogP contribution is -1.94. The van der Waals surface area contributed by atoms with Crippen LogP contribution in [0.2, 0.25) is 0 Å². The first-order chi connectivity index (χ1) is 20.8. The standard InChI is InChI=1S/C37H25N5/c1-4-18-38-32(10-1)35-23-30(17-21-41-35)29-9-7-8-28(22-29)26-13-15-27(16-14-26)31-24-36(33-11-2-5-19-39-33)42-37(25-31)34-12-3-6-20-40-34/h1-25H. The van der Waals surface area contributed by atoms with Gasteiger partial charge in [0.2, 0.25) is 0 Å². The summed E-state index contributed by atoms with van der Waals surface area (Å²) in [5.41, 5.74) is 11.7. The van der Waals surface area contributed by atoms with Crippen LogP contribution in [0.1, 0.15) is 0 Å². The Balaban J connectivity index is 1.22. The number of nitrogens with zero attached hydrogens (tertiary/aromatic N) is 5. The molecule has 0 spiro atoms. The molecule has 0 aliphatic heterocycles. The molecule has 5 nitrogen and oxygen atoms in total. The van der Waals surface area contributed by atoms with Crippen LogP contribution in [0.15, 0.2) is 152 Å². The number of hydrogen-bond donors (Lipinski definition) is 0. The minimum Gasteiger partial charge on any atom is -0.255 e. The largest absolute Gasteiger partial charge is 0.255 e. The normalized spacial score (nSPS) is 10.9. The zero-order chi connectivity index (χ0) is 28.1. The first-order valence-electron chi connectivity index (χ1n) is 13.7. The van der Waals surface area contributed by atoms with Crippen molar-refractivity contribution >= 4 is 0 Å². The second-order valence-corrected chi connectivity index (χ2v) is 9.86. The summed E-state index contributed by atoms with van der Waals surface area (Å²) >= 11 is 0. The van der Waals surface area contributed by atoms with E-state index in [4.69, 9.17) is 4.98 Å². The maximum atomic E-state index is 4.90. The van der Waals surface area contributed by atoms with Gasteiger partial charge in [-0.25, -0.2) is 4.98 Å². The van der Waals surface area contributed by atoms with E-state index in [0.717, 1.165) is 67.5 Å². The number of rotatable bonds is 6. The minimum absolute atomic E-state index is 0.813. The van der Waals surface area contributed by atoms with Crippen molar-refractivity contribution in [2.24, 2.45) is 0 Å². The lowest BCUT2D eigenvalue weighted by molar-refractivity contribution is 1.22. The van der Waals surface area contributed by atoms with Gasteiger partial charge in [-0.3, -0.25) is 19.9 Å². The van der Waals surface area contributed by atoms with E-state index in [1.54, 1.807) is 18.6 Å². The van der Waals surface area contributed by atoms with Crippen LogP contribution in [0, 0.1) is 0 Å². The molecule has 0 N–H and O–H groups in total. The summed E-state index contributed by atoms with van der Waals surface area (Å²) in [5, 5.41) is 0. The maximum Gasteiger partial charge on any atom is 0.0900 e. The summed E-state index contributed by atoms with van der Waals surface area (Å²) in [6.45, 7) is 0. The van der Waals surface area contributed by atoms with E-state index in [1.165, 1.54) is 0 Å². The highest BCUT2D eigenvalue weighted by Crippen LogP contribution is 2.32. The van der Waals surface area contributed by atoms with Crippen molar-refractivity contribution in [1.82, 2.24) is 24.9 Å². The van der Waals surface area contributed by atoms with E-state index in [-0.39, 0.29) is 0 Å². The number of hydrogen-bond acceptors (Lipinski definition) is 5. The van der Waals surface area contributed by atoms with E-state index in [0.29, 0.717) is 0 Å². The summed E-state index contributed by atoms with van der Waals surface area (Å²) < 4.78 is 0. The van der Waals surface area contributed by atoms with Crippen LogP contribution in [-0.4, -0.2) is 24.9 Å². The molecule has 0 unspecified atom stereocenters. The Morgan fingerprint density at radius 1 is 0.262 bits per heavy atom. The average Bonchev–Trinajstić information content (AvgIpc) is 3.09. The van der Waals surface area contributed by atoms with Gasteiger partial charge in [0.25, 0.3) is 0 Å². The van der Waals surface area contributed by atoms with E-state index >= 15 is 0 Å². The second kappa shape index (κ2) is 11.4. The predicted molar refractivity (Wildman–Crippen MR) is 168 cm³/mol. The summed E-state index contributed by atoms with van der Waals surface area (Å²) in [6, 6.07) is 43.2. The van der Waals surface area contributed by atoms with Crippen LogP contribution in [0.25, 0.3) is 67.5 Å². The highest BCUT2D eigenvalue weighted by Gasteiger charge is 2.11. The summed E-state index contributed by atoms with van der Waals surface area (Å²) in [4.78, 5) is 23.0. The fourth-order valence-corrected chi connectivity index (χ4v) is 4.99. The average molecular weight is 540 g/mol. The van der Waals surface area contributed by atoms with E-state index in [9.17, 15) is 0 Å². The quantitative estimate of drug-likeness (QED) is 0.212. The van der Waals surface area contributed by atoms with Crippen molar-refractivity contribution < 1.29 is 0 Å². The molecule has 0 saturated heterocycles. The molecule has 7 aromatic rings. The smallest absolute Gasteiger partial charge is 0.0900 e. The van der Waals surface area contributed by atoms with Gasteiger partial charge in [-0.1, -0.05) is 60.7 Å². The maximum absolute atomic E-state index is 4.90. The summed E-state index contributed by atoms with van der Waals surface area (Å²) in [5.74, 6) is 0. The molecule has 0 bridgehead atoms. The molecule has 0 saturated carbocycles. The molecule has 42 heavy (non-hydrogen) atoms. The summed E-state index contributed by atoms with van der Waals surface area (Å²) in [7, 11) is 0. The SMILES string of the molecule is c1ccc(-c2cc(-c3cccc(-c4ccc(-c5cc(-c6ccccn6)nc(-c6ccccn6)c5)cc4)c3)ccn2)nc1. The van der Waals surface area contributed by atoms with Gasteiger partial charge < -0.3 is 0 Å². The van der Waals surface area contributed by atoms with Gasteiger partial charge in [-0.2, -0.15) is 0 Å². The molecule has 2 aromatic carbocycles. The Kier molecular flexibility index (Phi) is 6.81. The van der Waals surface area contributed by atoms with Crippen molar-refractivity contribution in [3.63, 3.8) is 0 Å². The zero-order valence-electron chi connectivity index (χ0n) is 22.7. The summed E-state index contributed by atoms with van der Waals surface area (Å²) in [6.07, 6.45) is 7.21. The molecule has 0 radical (unpaired) electrons. The van der Waals surface area contributed by atoms with E-state index < -0.39 is 0 Å². The molecular weight excluding hydrogens is 514 g/mol. The van der Waals surface area contributed by atoms with Gasteiger partial charge in [0.15, 0.2) is 0 Å². The third kappa shape index (κ3) is 5.31. The first kappa shape index (κ1) is 25.2. The molecule has 0 fully saturated rings. The van der Waals surface area contributed by atoms with Crippen LogP contribution in [-0.2, 0) is 0 Å². The highest BCUT2D eigenvalue weighted by molar-refractivity contribution is 5.78. The Hall–Kier alpha value is -5.81. The molecule has 0 atom stereocenters. The van der Waals surface area contributed by atoms with E-state index in [2.05, 4.69) is 86.7 Å². The van der Waals surface area contributed by atoms with Crippen LogP contribution >= 0.6 is 0 Å². The van der Waals surface area contributed by atoms with Crippen LogP contribution in [0.4, 0.5) is 0 Å². The molecule has 0 amide bonds. The molecule has 5 heteroatoms. The van der Waals surface area contributed by atoms with Crippen molar-refractivity contribution in [2.45, 2.75) is 0 Å². The number of aromatic nitrogens is 5. The molecule has 7 rings (SSSR count). The van der Waals surface area contributed by atoms with Crippen molar-refractivity contribution in [3.05, 3.63) is 152 Å². The van der Waals surface area contributed by atoms with Crippen molar-refractivity contribution in [1.29, 1.82) is 0 Å². The van der Waals surface area contributed by atoms with Gasteiger partial charge in [0.1, 0.15) is 0 Å². The lowest BCUT2D eigenvalue weighted by Gasteiger charge is -2.11. The number of benzene rings is 2.